The van der Waals surface area contributed by atoms with Crippen molar-refractivity contribution in [3.63, 3.8) is 0 Å². The van der Waals surface area contributed by atoms with E-state index in [4.69, 9.17) is 9.37 Å². The Hall–Kier alpha value is -1.92. The molecule has 2 aromatic rings. The smallest absolute Gasteiger partial charge is 0.122 e. The van der Waals surface area contributed by atoms with Crippen molar-refractivity contribution in [2.24, 2.45) is 5.41 Å². The van der Waals surface area contributed by atoms with E-state index in [0.29, 0.717) is 13.2 Å². The van der Waals surface area contributed by atoms with Crippen LogP contribution in [0.3, 0.4) is 0 Å². The molecule has 1 fully saturated rings. The number of likely N-dealkylation sites (tertiary alicyclic amines) is 1. The Morgan fingerprint density at radius 2 is 2.23 bits per heavy atom. The number of hydrogen-bond donors (Lipinski definition) is 1. The molecule has 1 saturated heterocycles. The lowest BCUT2D eigenvalue weighted by Crippen LogP contribution is -2.42. The molecule has 0 radical (unpaired) electrons. The Morgan fingerprint density at radius 3 is 3.00 bits per heavy atom. The van der Waals surface area contributed by atoms with Gasteiger partial charge in [0.2, 0.25) is 0 Å². The van der Waals surface area contributed by atoms with Gasteiger partial charge in [0.1, 0.15) is 17.1 Å². The van der Waals surface area contributed by atoms with Gasteiger partial charge in [-0.25, -0.2) is 4.63 Å². The van der Waals surface area contributed by atoms with Gasteiger partial charge in [0.25, 0.3) is 0 Å². The van der Waals surface area contributed by atoms with E-state index in [1.54, 1.807) is 0 Å². The van der Waals surface area contributed by atoms with Gasteiger partial charge in [0, 0.05) is 31.0 Å². The average molecular weight is 301 g/mol. The number of fused-ring (bicyclic) bond motifs is 3. The molecule has 4 rings (SSSR count). The first-order chi connectivity index (χ1) is 10.7. The number of hydrogen-bond acceptors (Lipinski definition) is 6. The molecule has 1 aromatic carbocycles. The predicted octanol–water partition coefficient (Wildman–Crippen LogP) is 1.35. The van der Waals surface area contributed by atoms with Crippen LogP contribution in [-0.4, -0.2) is 46.6 Å². The van der Waals surface area contributed by atoms with Crippen molar-refractivity contribution < 1.29 is 14.5 Å². The Labute approximate surface area is 128 Å². The summed E-state index contributed by atoms with van der Waals surface area (Å²) in [5, 5.41) is 17.8. The minimum absolute atomic E-state index is 0.124. The summed E-state index contributed by atoms with van der Waals surface area (Å²) in [6.07, 6.45) is 0. The molecule has 2 aliphatic rings. The second kappa shape index (κ2) is 5.07. The van der Waals surface area contributed by atoms with Gasteiger partial charge in [-0.2, -0.15) is 0 Å². The normalized spacial score (nSPS) is 27.3. The van der Waals surface area contributed by atoms with Crippen molar-refractivity contribution in [3.05, 3.63) is 41.2 Å². The van der Waals surface area contributed by atoms with Crippen molar-refractivity contribution >= 4 is 0 Å². The zero-order valence-corrected chi connectivity index (χ0v) is 12.5. The summed E-state index contributed by atoms with van der Waals surface area (Å²) >= 11 is 0. The molecule has 3 heterocycles. The minimum Gasteiger partial charge on any atom is -0.493 e. The first kappa shape index (κ1) is 13.7. The van der Waals surface area contributed by atoms with Crippen molar-refractivity contribution in [2.45, 2.75) is 19.4 Å². The number of aromatic nitrogens is 2. The number of aliphatic hydroxyl groups is 1. The topological polar surface area (TPSA) is 71.6 Å². The van der Waals surface area contributed by atoms with E-state index >= 15 is 0 Å². The lowest BCUT2D eigenvalue weighted by molar-refractivity contribution is 0.0456. The quantitative estimate of drug-likeness (QED) is 0.922. The maximum absolute atomic E-state index is 10.0. The first-order valence-electron chi connectivity index (χ1n) is 7.55. The summed E-state index contributed by atoms with van der Waals surface area (Å²) < 4.78 is 10.7. The van der Waals surface area contributed by atoms with Gasteiger partial charge in [-0.15, -0.1) is 0 Å². The van der Waals surface area contributed by atoms with Gasteiger partial charge in [-0.3, -0.25) is 4.90 Å². The number of benzene rings is 1. The summed E-state index contributed by atoms with van der Waals surface area (Å²) in [5.74, 6) is 1.22. The first-order valence-corrected chi connectivity index (χ1v) is 7.55. The van der Waals surface area contributed by atoms with E-state index in [1.807, 2.05) is 25.1 Å². The van der Waals surface area contributed by atoms with Crippen molar-refractivity contribution in [2.75, 3.05) is 26.3 Å². The molecule has 0 saturated carbocycles. The molecule has 0 unspecified atom stereocenters. The highest BCUT2D eigenvalue weighted by Gasteiger charge is 2.50. The molecule has 2 atom stereocenters. The van der Waals surface area contributed by atoms with Crippen LogP contribution >= 0.6 is 0 Å². The summed E-state index contributed by atoms with van der Waals surface area (Å²) in [6, 6.07) is 8.13. The molecule has 1 N–H and O–H groups in total. The van der Waals surface area contributed by atoms with Crippen LogP contribution in [0, 0.1) is 12.3 Å². The van der Waals surface area contributed by atoms with Crippen LogP contribution < -0.4 is 4.74 Å². The average Bonchev–Trinajstić information content (AvgIpc) is 3.12. The fourth-order valence-electron chi connectivity index (χ4n) is 3.70. The lowest BCUT2D eigenvalue weighted by Gasteiger charge is -2.38. The number of rotatable bonds is 3. The molecule has 0 bridgehead atoms. The standard InChI is InChI=1S/C16H19N3O3/c1-11-14(18-22-17-11)7-19-6-13-12-4-2-3-5-15(12)21-10-16(13,8-19)9-20/h2-5,13,20H,6-10H2,1H3/t13-,16-/m1/s1. The summed E-state index contributed by atoms with van der Waals surface area (Å²) in [7, 11) is 0. The molecule has 0 aliphatic carbocycles. The van der Waals surface area contributed by atoms with Gasteiger partial charge < -0.3 is 9.84 Å². The van der Waals surface area contributed by atoms with Crippen LogP contribution in [0.25, 0.3) is 0 Å². The number of aryl methyl sites for hydroxylation is 1. The highest BCUT2D eigenvalue weighted by Crippen LogP contribution is 2.49. The number of para-hydroxylation sites is 1. The molecule has 116 valence electrons. The van der Waals surface area contributed by atoms with Crippen LogP contribution in [0.2, 0.25) is 0 Å². The Kier molecular flexibility index (Phi) is 3.16. The van der Waals surface area contributed by atoms with Crippen LogP contribution in [0.5, 0.6) is 5.75 Å². The number of nitrogens with zero attached hydrogens (tertiary/aromatic N) is 3. The minimum atomic E-state index is -0.237. The fourth-order valence-corrected chi connectivity index (χ4v) is 3.70. The summed E-state index contributed by atoms with van der Waals surface area (Å²) in [4.78, 5) is 2.30. The maximum atomic E-state index is 10.0. The van der Waals surface area contributed by atoms with Gasteiger partial charge in [-0.05, 0) is 18.6 Å². The third-order valence-electron chi connectivity index (χ3n) is 4.96. The van der Waals surface area contributed by atoms with Crippen LogP contribution in [0.15, 0.2) is 28.9 Å². The molecule has 6 nitrogen and oxygen atoms in total. The monoisotopic (exact) mass is 301 g/mol. The summed E-state index contributed by atoms with van der Waals surface area (Å²) in [5.41, 5.74) is 2.64. The van der Waals surface area contributed by atoms with Gasteiger partial charge in [0.15, 0.2) is 0 Å². The fraction of sp³-hybridized carbons (Fsp3) is 0.500. The van der Waals surface area contributed by atoms with Crippen LogP contribution in [0.1, 0.15) is 22.9 Å². The van der Waals surface area contributed by atoms with E-state index in [0.717, 1.165) is 30.2 Å². The van der Waals surface area contributed by atoms with E-state index in [9.17, 15) is 5.11 Å². The second-order valence-electron chi connectivity index (χ2n) is 6.37. The zero-order valence-electron chi connectivity index (χ0n) is 12.5. The zero-order chi connectivity index (χ0) is 15.2. The van der Waals surface area contributed by atoms with Crippen LogP contribution in [0.4, 0.5) is 0 Å². The van der Waals surface area contributed by atoms with E-state index in [1.165, 1.54) is 5.56 Å². The molecule has 22 heavy (non-hydrogen) atoms. The highest BCUT2D eigenvalue weighted by atomic mass is 16.6. The molecule has 6 heteroatoms. The lowest BCUT2D eigenvalue weighted by atomic mass is 9.74. The van der Waals surface area contributed by atoms with Gasteiger partial charge >= 0.3 is 0 Å². The summed E-state index contributed by atoms with van der Waals surface area (Å²) in [6.45, 7) is 4.93. The number of ether oxygens (including phenoxy) is 1. The Balaban J connectivity index is 1.63. The molecule has 0 amide bonds. The Morgan fingerprint density at radius 1 is 1.36 bits per heavy atom. The van der Waals surface area contributed by atoms with Crippen molar-refractivity contribution in [1.29, 1.82) is 0 Å². The van der Waals surface area contributed by atoms with Crippen LogP contribution in [-0.2, 0) is 6.54 Å². The van der Waals surface area contributed by atoms with E-state index in [2.05, 4.69) is 21.3 Å². The third-order valence-corrected chi connectivity index (χ3v) is 4.96. The van der Waals surface area contributed by atoms with E-state index in [-0.39, 0.29) is 17.9 Å². The highest BCUT2D eigenvalue weighted by molar-refractivity contribution is 5.41. The molecule has 2 aliphatic heterocycles. The molecule has 0 spiro atoms. The largest absolute Gasteiger partial charge is 0.493 e. The maximum Gasteiger partial charge on any atom is 0.122 e. The third kappa shape index (κ3) is 2.02. The predicted molar refractivity (Wildman–Crippen MR) is 78.5 cm³/mol. The number of aliphatic hydroxyl groups excluding tert-OH is 1. The Bertz CT molecular complexity index is 687. The molecular weight excluding hydrogens is 282 g/mol. The van der Waals surface area contributed by atoms with E-state index < -0.39 is 0 Å². The van der Waals surface area contributed by atoms with Crippen molar-refractivity contribution in [3.8, 4) is 5.75 Å². The van der Waals surface area contributed by atoms with Gasteiger partial charge in [0.05, 0.1) is 13.2 Å². The molecule has 1 aromatic heterocycles. The van der Waals surface area contributed by atoms with Crippen molar-refractivity contribution in [1.82, 2.24) is 15.2 Å². The second-order valence-corrected chi connectivity index (χ2v) is 6.37. The molecular formula is C16H19N3O3. The van der Waals surface area contributed by atoms with Gasteiger partial charge in [-0.1, -0.05) is 28.5 Å². The SMILES string of the molecule is Cc1nonc1CN1C[C@@H]2c3ccccc3OC[C@]2(CO)C1.